The molecule has 0 bridgehead atoms. The third kappa shape index (κ3) is 4.93. The van der Waals surface area contributed by atoms with E-state index in [4.69, 9.17) is 0 Å². The minimum absolute atomic E-state index is 0.0681. The van der Waals surface area contributed by atoms with E-state index in [1.165, 1.54) is 0 Å². The quantitative estimate of drug-likeness (QED) is 0.556. The number of hydrogen-bond donors (Lipinski definition) is 1. The second-order valence-corrected chi connectivity index (χ2v) is 5.35. The molecular formula is C14H26O2. The zero-order chi connectivity index (χ0) is 12.8. The topological polar surface area (TPSA) is 37.3 Å². The van der Waals surface area contributed by atoms with Crippen molar-refractivity contribution in [1.82, 2.24) is 0 Å². The van der Waals surface area contributed by atoms with Crippen molar-refractivity contribution >= 4 is 5.78 Å². The van der Waals surface area contributed by atoms with Gasteiger partial charge in [-0.15, -0.1) is 0 Å². The number of unbranched alkanes of at least 4 members (excludes halogenated alkanes) is 2. The van der Waals surface area contributed by atoms with Crippen LogP contribution in [0.1, 0.15) is 60.3 Å². The molecule has 0 heterocycles. The van der Waals surface area contributed by atoms with Crippen molar-refractivity contribution in [2.45, 2.75) is 66.4 Å². The highest BCUT2D eigenvalue weighted by Gasteiger charge is 2.28. The maximum absolute atomic E-state index is 11.8. The van der Waals surface area contributed by atoms with E-state index in [-0.39, 0.29) is 11.2 Å². The van der Waals surface area contributed by atoms with Gasteiger partial charge in [0.05, 0.1) is 6.10 Å². The van der Waals surface area contributed by atoms with Crippen LogP contribution >= 0.6 is 0 Å². The number of carbonyl (C=O) groups excluding carboxylic acids is 1. The first-order chi connectivity index (χ1) is 7.34. The molecule has 16 heavy (non-hydrogen) atoms. The van der Waals surface area contributed by atoms with Crippen LogP contribution in [-0.2, 0) is 4.79 Å². The SMILES string of the molecule is CCCCC=C(C(=O)CC)C(O)C(C)(C)C. The number of hydrogen-bond acceptors (Lipinski definition) is 2. The van der Waals surface area contributed by atoms with Gasteiger partial charge in [-0.1, -0.05) is 53.5 Å². The molecule has 1 N–H and O–H groups in total. The van der Waals surface area contributed by atoms with E-state index in [1.54, 1.807) is 0 Å². The van der Waals surface area contributed by atoms with Gasteiger partial charge in [0, 0.05) is 12.0 Å². The van der Waals surface area contributed by atoms with Crippen molar-refractivity contribution in [2.24, 2.45) is 5.41 Å². The van der Waals surface area contributed by atoms with Crippen LogP contribution in [0.5, 0.6) is 0 Å². The van der Waals surface area contributed by atoms with Gasteiger partial charge in [-0.25, -0.2) is 0 Å². The zero-order valence-electron chi connectivity index (χ0n) is 11.3. The summed E-state index contributed by atoms with van der Waals surface area (Å²) in [5.41, 5.74) is 0.325. The summed E-state index contributed by atoms with van der Waals surface area (Å²) in [6, 6.07) is 0. The number of carbonyl (C=O) groups is 1. The van der Waals surface area contributed by atoms with Gasteiger partial charge in [-0.05, 0) is 11.8 Å². The first kappa shape index (κ1) is 15.4. The minimum atomic E-state index is -0.656. The number of rotatable bonds is 6. The Morgan fingerprint density at radius 2 is 1.88 bits per heavy atom. The van der Waals surface area contributed by atoms with E-state index in [1.807, 2.05) is 33.8 Å². The normalized spacial score (nSPS) is 15.0. The Hall–Kier alpha value is -0.630. The molecule has 0 saturated carbocycles. The Morgan fingerprint density at radius 1 is 1.31 bits per heavy atom. The molecule has 1 unspecified atom stereocenters. The maximum atomic E-state index is 11.8. The smallest absolute Gasteiger partial charge is 0.160 e. The summed E-state index contributed by atoms with van der Waals surface area (Å²) in [6.45, 7) is 9.82. The molecule has 0 aromatic rings. The van der Waals surface area contributed by atoms with Gasteiger partial charge in [0.2, 0.25) is 0 Å². The summed E-state index contributed by atoms with van der Waals surface area (Å²) < 4.78 is 0. The van der Waals surface area contributed by atoms with Crippen LogP contribution in [-0.4, -0.2) is 17.0 Å². The fourth-order valence-corrected chi connectivity index (χ4v) is 1.51. The lowest BCUT2D eigenvalue weighted by atomic mass is 9.82. The molecule has 94 valence electrons. The molecule has 1 atom stereocenters. The number of Topliss-reactive ketones (excluding diaryl/α,β-unsaturated/α-hetero) is 1. The third-order valence-electron chi connectivity index (χ3n) is 2.68. The van der Waals surface area contributed by atoms with E-state index in [9.17, 15) is 9.90 Å². The van der Waals surface area contributed by atoms with Crippen LogP contribution in [0.25, 0.3) is 0 Å². The monoisotopic (exact) mass is 226 g/mol. The second-order valence-electron chi connectivity index (χ2n) is 5.35. The highest BCUT2D eigenvalue weighted by atomic mass is 16.3. The summed E-state index contributed by atoms with van der Waals surface area (Å²) in [4.78, 5) is 11.8. The molecule has 0 aliphatic heterocycles. The van der Waals surface area contributed by atoms with Gasteiger partial charge < -0.3 is 5.11 Å². The van der Waals surface area contributed by atoms with E-state index in [2.05, 4.69) is 6.92 Å². The number of aliphatic hydroxyl groups is 1. The Morgan fingerprint density at radius 3 is 2.25 bits per heavy atom. The van der Waals surface area contributed by atoms with Crippen LogP contribution in [0.2, 0.25) is 0 Å². The van der Waals surface area contributed by atoms with Crippen molar-refractivity contribution in [3.8, 4) is 0 Å². The zero-order valence-corrected chi connectivity index (χ0v) is 11.3. The lowest BCUT2D eigenvalue weighted by molar-refractivity contribution is -0.117. The molecule has 0 radical (unpaired) electrons. The molecule has 0 rings (SSSR count). The fourth-order valence-electron chi connectivity index (χ4n) is 1.51. The van der Waals surface area contributed by atoms with E-state index in [0.29, 0.717) is 12.0 Å². The Labute approximate surface area is 99.7 Å². The predicted molar refractivity (Wildman–Crippen MR) is 68.4 cm³/mol. The van der Waals surface area contributed by atoms with Gasteiger partial charge in [0.1, 0.15) is 0 Å². The van der Waals surface area contributed by atoms with Crippen LogP contribution < -0.4 is 0 Å². The Bertz CT molecular complexity index is 246. The van der Waals surface area contributed by atoms with Crippen molar-refractivity contribution < 1.29 is 9.90 Å². The largest absolute Gasteiger partial charge is 0.388 e. The molecule has 2 nitrogen and oxygen atoms in total. The lowest BCUT2D eigenvalue weighted by Gasteiger charge is -2.27. The Kier molecular flexibility index (Phi) is 6.58. The fraction of sp³-hybridized carbons (Fsp3) is 0.786. The third-order valence-corrected chi connectivity index (χ3v) is 2.68. The average molecular weight is 226 g/mol. The average Bonchev–Trinajstić information content (AvgIpc) is 2.21. The first-order valence-electron chi connectivity index (χ1n) is 6.25. The van der Waals surface area contributed by atoms with Gasteiger partial charge >= 0.3 is 0 Å². The van der Waals surface area contributed by atoms with Crippen LogP contribution in [0.15, 0.2) is 11.6 Å². The molecule has 0 aromatic heterocycles. The molecule has 0 aliphatic rings. The van der Waals surface area contributed by atoms with Crippen LogP contribution in [0.4, 0.5) is 0 Å². The highest BCUT2D eigenvalue weighted by Crippen LogP contribution is 2.26. The maximum Gasteiger partial charge on any atom is 0.160 e. The molecule has 0 fully saturated rings. The van der Waals surface area contributed by atoms with E-state index >= 15 is 0 Å². The molecule has 0 aromatic carbocycles. The second kappa shape index (κ2) is 6.85. The summed E-state index contributed by atoms with van der Waals surface area (Å²) in [7, 11) is 0. The molecule has 0 amide bonds. The molecule has 0 saturated heterocycles. The summed E-state index contributed by atoms with van der Waals surface area (Å²) in [6.07, 6.45) is 4.78. The van der Waals surface area contributed by atoms with E-state index < -0.39 is 6.10 Å². The van der Waals surface area contributed by atoms with Crippen LogP contribution in [0.3, 0.4) is 0 Å². The van der Waals surface area contributed by atoms with Gasteiger partial charge in [-0.2, -0.15) is 0 Å². The molecular weight excluding hydrogens is 200 g/mol. The molecule has 0 spiro atoms. The summed E-state index contributed by atoms with van der Waals surface area (Å²) in [5, 5.41) is 10.2. The number of aliphatic hydroxyl groups excluding tert-OH is 1. The first-order valence-corrected chi connectivity index (χ1v) is 6.25. The van der Waals surface area contributed by atoms with Crippen molar-refractivity contribution in [2.75, 3.05) is 0 Å². The Balaban J connectivity index is 4.80. The lowest BCUT2D eigenvalue weighted by Crippen LogP contribution is -2.31. The summed E-state index contributed by atoms with van der Waals surface area (Å²) >= 11 is 0. The standard InChI is InChI=1S/C14H26O2/c1-6-8-9-10-11(12(15)7-2)13(16)14(3,4)5/h10,13,16H,6-9H2,1-5H3. The minimum Gasteiger partial charge on any atom is -0.388 e. The van der Waals surface area contributed by atoms with Gasteiger partial charge in [-0.3, -0.25) is 4.79 Å². The summed E-state index contributed by atoms with van der Waals surface area (Å²) in [5.74, 6) is 0.0681. The van der Waals surface area contributed by atoms with Crippen molar-refractivity contribution in [1.29, 1.82) is 0 Å². The highest BCUT2D eigenvalue weighted by molar-refractivity contribution is 5.96. The number of allylic oxidation sites excluding steroid dienone is 1. The van der Waals surface area contributed by atoms with E-state index in [0.717, 1.165) is 19.3 Å². The van der Waals surface area contributed by atoms with Crippen molar-refractivity contribution in [3.63, 3.8) is 0 Å². The van der Waals surface area contributed by atoms with Gasteiger partial charge in [0.15, 0.2) is 5.78 Å². The predicted octanol–water partition coefficient (Wildman–Crippen LogP) is 3.49. The molecule has 2 heteroatoms. The molecule has 0 aliphatic carbocycles. The van der Waals surface area contributed by atoms with Crippen molar-refractivity contribution in [3.05, 3.63) is 11.6 Å². The van der Waals surface area contributed by atoms with Gasteiger partial charge in [0.25, 0.3) is 0 Å². The number of ketones is 1. The van der Waals surface area contributed by atoms with Crippen LogP contribution in [0, 0.1) is 5.41 Å².